The van der Waals surface area contributed by atoms with Crippen LogP contribution in [0, 0.1) is 0 Å². The van der Waals surface area contributed by atoms with E-state index >= 15 is 0 Å². The van der Waals surface area contributed by atoms with Crippen LogP contribution >= 0.6 is 0 Å². The molecule has 0 saturated carbocycles. The first-order valence-electron chi connectivity index (χ1n) is 6.83. The summed E-state index contributed by atoms with van der Waals surface area (Å²) in [6.45, 7) is -0.0992. The molecule has 0 saturated heterocycles. The molecule has 108 valence electrons. The van der Waals surface area contributed by atoms with E-state index in [1.54, 1.807) is 0 Å². The van der Waals surface area contributed by atoms with Crippen molar-refractivity contribution >= 4 is 5.69 Å². The molecule has 0 aliphatic carbocycles. The van der Waals surface area contributed by atoms with Gasteiger partial charge in [0.05, 0.1) is 6.54 Å². The van der Waals surface area contributed by atoms with E-state index in [0.717, 1.165) is 16.7 Å². The molecule has 0 aliphatic rings. The highest BCUT2D eigenvalue weighted by atomic mass is 19.3. The molecule has 0 aliphatic heterocycles. The zero-order chi connectivity index (χ0) is 14.4. The van der Waals surface area contributed by atoms with Gasteiger partial charge < -0.3 is 5.32 Å². The Hall–Kier alpha value is -1.91. The van der Waals surface area contributed by atoms with Crippen molar-refractivity contribution in [1.29, 1.82) is 0 Å². The van der Waals surface area contributed by atoms with Gasteiger partial charge in [-0.25, -0.2) is 4.98 Å². The van der Waals surface area contributed by atoms with Crippen molar-refractivity contribution in [1.82, 2.24) is 9.55 Å². The predicted octanol–water partition coefficient (Wildman–Crippen LogP) is 4.23. The highest BCUT2D eigenvalue weighted by Gasteiger charge is 2.10. The number of nitrogens with one attached hydrogen (secondary N) is 1. The fraction of sp³-hybridized carbons (Fsp3) is 0.400. The number of imidazole rings is 1. The van der Waals surface area contributed by atoms with Gasteiger partial charge >= 0.3 is 6.55 Å². The maximum absolute atomic E-state index is 12.7. The number of benzene rings is 1. The zero-order valence-electron chi connectivity index (χ0n) is 11.5. The SMILES string of the molecule is CCCCc1ccc(NCc2nccn2C(F)F)cc1. The number of aromatic nitrogens is 2. The lowest BCUT2D eigenvalue weighted by Gasteiger charge is -2.09. The average molecular weight is 279 g/mol. The number of halogens is 2. The van der Waals surface area contributed by atoms with E-state index in [1.807, 2.05) is 12.1 Å². The monoisotopic (exact) mass is 279 g/mol. The Bertz CT molecular complexity index is 520. The molecular weight excluding hydrogens is 260 g/mol. The fourth-order valence-electron chi connectivity index (χ4n) is 2.01. The lowest BCUT2D eigenvalue weighted by Crippen LogP contribution is -2.09. The Morgan fingerprint density at radius 1 is 1.25 bits per heavy atom. The van der Waals surface area contributed by atoms with Crippen LogP contribution in [0.4, 0.5) is 14.5 Å². The molecule has 0 radical (unpaired) electrons. The lowest BCUT2D eigenvalue weighted by molar-refractivity contribution is 0.0673. The van der Waals surface area contributed by atoms with Gasteiger partial charge in [-0.2, -0.15) is 8.78 Å². The van der Waals surface area contributed by atoms with Crippen LogP contribution in [0.2, 0.25) is 0 Å². The van der Waals surface area contributed by atoms with Crippen LogP contribution in [0.15, 0.2) is 36.7 Å². The summed E-state index contributed by atoms with van der Waals surface area (Å²) in [5, 5.41) is 3.11. The molecule has 0 fully saturated rings. The normalized spacial score (nSPS) is 11.0. The van der Waals surface area contributed by atoms with E-state index in [9.17, 15) is 8.78 Å². The van der Waals surface area contributed by atoms with Crippen molar-refractivity contribution in [3.63, 3.8) is 0 Å². The van der Waals surface area contributed by atoms with Gasteiger partial charge in [0.1, 0.15) is 5.82 Å². The summed E-state index contributed by atoms with van der Waals surface area (Å²) in [5.74, 6) is 0.329. The molecule has 1 aromatic carbocycles. The second kappa shape index (κ2) is 7.03. The van der Waals surface area contributed by atoms with Gasteiger partial charge in [-0.1, -0.05) is 25.5 Å². The largest absolute Gasteiger partial charge is 0.378 e. The van der Waals surface area contributed by atoms with Gasteiger partial charge in [0.15, 0.2) is 0 Å². The molecule has 0 bridgehead atoms. The number of hydrogen-bond donors (Lipinski definition) is 1. The smallest absolute Gasteiger partial charge is 0.319 e. The standard InChI is InChI=1S/C15H19F2N3/c1-2-3-4-12-5-7-13(8-6-12)19-11-14-18-9-10-20(14)15(16)17/h5-10,15,19H,2-4,11H2,1H3. The Balaban J connectivity index is 1.92. The van der Waals surface area contributed by atoms with E-state index < -0.39 is 6.55 Å². The van der Waals surface area contributed by atoms with Gasteiger partial charge in [0.25, 0.3) is 0 Å². The van der Waals surface area contributed by atoms with Crippen LogP contribution in [0.5, 0.6) is 0 Å². The average Bonchev–Trinajstić information content (AvgIpc) is 2.92. The number of hydrogen-bond acceptors (Lipinski definition) is 2. The van der Waals surface area contributed by atoms with Gasteiger partial charge in [-0.15, -0.1) is 0 Å². The number of alkyl halides is 2. The van der Waals surface area contributed by atoms with Crippen LogP contribution in [0.1, 0.15) is 37.7 Å². The molecule has 2 aromatic rings. The minimum atomic E-state index is -2.55. The third-order valence-electron chi connectivity index (χ3n) is 3.18. The second-order valence-corrected chi connectivity index (χ2v) is 4.68. The topological polar surface area (TPSA) is 29.9 Å². The van der Waals surface area contributed by atoms with Crippen molar-refractivity contribution in [3.8, 4) is 0 Å². The second-order valence-electron chi connectivity index (χ2n) is 4.68. The summed E-state index contributed by atoms with van der Waals surface area (Å²) in [7, 11) is 0. The maximum Gasteiger partial charge on any atom is 0.319 e. The quantitative estimate of drug-likeness (QED) is 0.821. The summed E-state index contributed by atoms with van der Waals surface area (Å²) in [5.41, 5.74) is 2.21. The Morgan fingerprint density at radius 3 is 2.65 bits per heavy atom. The fourth-order valence-corrected chi connectivity index (χ4v) is 2.01. The van der Waals surface area contributed by atoms with Crippen molar-refractivity contribution in [2.24, 2.45) is 0 Å². The van der Waals surface area contributed by atoms with E-state index in [2.05, 4.69) is 29.4 Å². The minimum absolute atomic E-state index is 0.283. The molecule has 0 atom stereocenters. The number of unbranched alkanes of at least 4 members (excludes halogenated alkanes) is 1. The predicted molar refractivity (Wildman–Crippen MR) is 75.9 cm³/mol. The first-order chi connectivity index (χ1) is 9.70. The van der Waals surface area contributed by atoms with Crippen LogP contribution in [-0.2, 0) is 13.0 Å². The molecule has 5 heteroatoms. The summed E-state index contributed by atoms with van der Waals surface area (Å²) in [6, 6.07) is 8.08. The Morgan fingerprint density at radius 2 is 2.00 bits per heavy atom. The minimum Gasteiger partial charge on any atom is -0.378 e. The van der Waals surface area contributed by atoms with Gasteiger partial charge in [-0.3, -0.25) is 4.57 Å². The number of anilines is 1. The molecular formula is C15H19F2N3. The van der Waals surface area contributed by atoms with E-state index in [4.69, 9.17) is 0 Å². The molecule has 0 unspecified atom stereocenters. The third kappa shape index (κ3) is 3.79. The summed E-state index contributed by atoms with van der Waals surface area (Å²) in [4.78, 5) is 3.93. The molecule has 1 N–H and O–H groups in total. The molecule has 0 amide bonds. The van der Waals surface area contributed by atoms with Crippen LogP contribution in [0.25, 0.3) is 0 Å². The highest BCUT2D eigenvalue weighted by Crippen LogP contribution is 2.15. The first-order valence-corrected chi connectivity index (χ1v) is 6.83. The van der Waals surface area contributed by atoms with E-state index in [-0.39, 0.29) is 6.54 Å². The summed E-state index contributed by atoms with van der Waals surface area (Å²) >= 11 is 0. The van der Waals surface area contributed by atoms with Gasteiger partial charge in [0.2, 0.25) is 0 Å². The molecule has 3 nitrogen and oxygen atoms in total. The third-order valence-corrected chi connectivity index (χ3v) is 3.18. The first kappa shape index (κ1) is 14.5. The lowest BCUT2D eigenvalue weighted by atomic mass is 10.1. The molecule has 1 aromatic heterocycles. The Kier molecular flexibility index (Phi) is 5.09. The van der Waals surface area contributed by atoms with Crippen molar-refractivity contribution < 1.29 is 8.78 Å². The van der Waals surface area contributed by atoms with Crippen LogP contribution < -0.4 is 5.32 Å². The molecule has 1 heterocycles. The molecule has 20 heavy (non-hydrogen) atoms. The van der Waals surface area contributed by atoms with Crippen LogP contribution in [-0.4, -0.2) is 9.55 Å². The van der Waals surface area contributed by atoms with Gasteiger partial charge in [-0.05, 0) is 30.5 Å². The van der Waals surface area contributed by atoms with Gasteiger partial charge in [0, 0.05) is 18.1 Å². The Labute approximate surface area is 117 Å². The highest BCUT2D eigenvalue weighted by molar-refractivity contribution is 5.44. The number of nitrogens with zero attached hydrogens (tertiary/aromatic N) is 2. The van der Waals surface area contributed by atoms with Crippen molar-refractivity contribution in [3.05, 3.63) is 48.0 Å². The molecule has 0 spiro atoms. The van der Waals surface area contributed by atoms with E-state index in [1.165, 1.54) is 30.8 Å². The molecule has 2 rings (SSSR count). The van der Waals surface area contributed by atoms with Crippen molar-refractivity contribution in [2.75, 3.05) is 5.32 Å². The summed E-state index contributed by atoms with van der Waals surface area (Å²) in [6.07, 6.45) is 6.11. The number of aryl methyl sites for hydroxylation is 1. The van der Waals surface area contributed by atoms with Crippen molar-refractivity contribution in [2.45, 2.75) is 39.3 Å². The summed E-state index contributed by atoms with van der Waals surface area (Å²) < 4.78 is 26.2. The van der Waals surface area contributed by atoms with Crippen LogP contribution in [0.3, 0.4) is 0 Å². The maximum atomic E-state index is 12.7. The van der Waals surface area contributed by atoms with E-state index in [0.29, 0.717) is 5.82 Å². The zero-order valence-corrected chi connectivity index (χ0v) is 11.5. The number of rotatable bonds is 7.